The zero-order valence-corrected chi connectivity index (χ0v) is 11.7. The van der Waals surface area contributed by atoms with Crippen LogP contribution in [0.5, 0.6) is 11.5 Å². The van der Waals surface area contributed by atoms with Crippen molar-refractivity contribution >= 4 is 17.4 Å². The molecule has 0 radical (unpaired) electrons. The summed E-state index contributed by atoms with van der Waals surface area (Å²) < 4.78 is 11.5. The fourth-order valence-electron chi connectivity index (χ4n) is 2.79. The van der Waals surface area contributed by atoms with Gasteiger partial charge in [0, 0.05) is 0 Å². The third-order valence-corrected chi connectivity index (χ3v) is 3.83. The van der Waals surface area contributed by atoms with Crippen LogP contribution >= 0.6 is 0 Å². The molecular weight excluding hydrogens is 282 g/mol. The van der Waals surface area contributed by atoms with Gasteiger partial charge in [-0.2, -0.15) is 0 Å². The summed E-state index contributed by atoms with van der Waals surface area (Å²) in [6, 6.07) is 14.4. The molecule has 0 saturated heterocycles. The molecule has 2 aliphatic rings. The Balaban J connectivity index is 1.58. The molecule has 4 rings (SSSR count). The van der Waals surface area contributed by atoms with Crippen LogP contribution in [-0.4, -0.2) is 30.9 Å². The summed E-state index contributed by atoms with van der Waals surface area (Å²) in [5.41, 5.74) is 1.09. The average molecular weight is 295 g/mol. The van der Waals surface area contributed by atoms with Gasteiger partial charge < -0.3 is 14.4 Å². The van der Waals surface area contributed by atoms with Gasteiger partial charge in [0.25, 0.3) is 11.7 Å². The largest absolute Gasteiger partial charge is 0.486 e. The summed E-state index contributed by atoms with van der Waals surface area (Å²) in [6.07, 6.45) is -0.308. The highest BCUT2D eigenvalue weighted by Gasteiger charge is 2.37. The summed E-state index contributed by atoms with van der Waals surface area (Å²) >= 11 is 0. The molecule has 1 atom stereocenters. The molecule has 0 fully saturated rings. The van der Waals surface area contributed by atoms with Crippen LogP contribution in [0.15, 0.2) is 48.5 Å². The van der Waals surface area contributed by atoms with E-state index in [9.17, 15) is 9.59 Å². The van der Waals surface area contributed by atoms with E-state index in [1.807, 2.05) is 30.3 Å². The Morgan fingerprint density at radius 2 is 1.73 bits per heavy atom. The molecule has 0 aromatic heterocycles. The molecule has 5 heteroatoms. The lowest BCUT2D eigenvalue weighted by Gasteiger charge is -2.29. The van der Waals surface area contributed by atoms with Gasteiger partial charge >= 0.3 is 0 Å². The number of Topliss-reactive ketones (excluding diaryl/α,β-unsaturated/α-hetero) is 1. The lowest BCUT2D eigenvalue weighted by atomic mass is 10.1. The van der Waals surface area contributed by atoms with Gasteiger partial charge in [0.2, 0.25) is 0 Å². The number of ketones is 1. The number of para-hydroxylation sites is 3. The second-order valence-electron chi connectivity index (χ2n) is 5.26. The number of hydrogen-bond acceptors (Lipinski definition) is 4. The van der Waals surface area contributed by atoms with Crippen LogP contribution in [0.3, 0.4) is 0 Å². The van der Waals surface area contributed by atoms with Crippen LogP contribution in [0.2, 0.25) is 0 Å². The van der Waals surface area contributed by atoms with Crippen molar-refractivity contribution in [1.29, 1.82) is 0 Å². The first-order chi connectivity index (χ1) is 10.7. The molecule has 2 aromatic rings. The number of rotatable bonds is 2. The number of ether oxygens (including phenoxy) is 2. The third-order valence-electron chi connectivity index (χ3n) is 3.83. The number of benzene rings is 2. The summed E-state index contributed by atoms with van der Waals surface area (Å²) in [4.78, 5) is 25.6. The molecule has 5 nitrogen and oxygen atoms in total. The van der Waals surface area contributed by atoms with E-state index >= 15 is 0 Å². The number of hydrogen-bond donors (Lipinski definition) is 0. The summed E-state index contributed by atoms with van der Waals surface area (Å²) in [6.45, 7) is 0.632. The summed E-state index contributed by atoms with van der Waals surface area (Å²) in [7, 11) is 0. The Bertz CT molecular complexity index is 771. The molecule has 0 saturated carbocycles. The number of amides is 1. The normalized spacial score (nSPS) is 19.3. The minimum absolute atomic E-state index is 0.288. The minimum atomic E-state index is -0.511. The van der Waals surface area contributed by atoms with E-state index in [0.29, 0.717) is 29.4 Å². The van der Waals surface area contributed by atoms with Gasteiger partial charge in [-0.25, -0.2) is 0 Å². The van der Waals surface area contributed by atoms with E-state index in [1.54, 1.807) is 18.2 Å². The Hall–Kier alpha value is -2.82. The van der Waals surface area contributed by atoms with E-state index in [2.05, 4.69) is 0 Å². The van der Waals surface area contributed by atoms with E-state index in [4.69, 9.17) is 9.47 Å². The maximum absolute atomic E-state index is 12.2. The molecule has 110 valence electrons. The molecule has 0 N–H and O–H groups in total. The summed E-state index contributed by atoms with van der Waals surface area (Å²) in [5.74, 6) is 0.379. The van der Waals surface area contributed by atoms with Crippen LogP contribution in [0.1, 0.15) is 10.4 Å². The van der Waals surface area contributed by atoms with Gasteiger partial charge in [-0.05, 0) is 24.3 Å². The fraction of sp³-hybridized carbons (Fsp3) is 0.176. The molecular formula is C17H13NO4. The van der Waals surface area contributed by atoms with Crippen LogP contribution in [0, 0.1) is 0 Å². The van der Waals surface area contributed by atoms with Gasteiger partial charge in [0.1, 0.15) is 6.61 Å². The molecule has 1 amide bonds. The van der Waals surface area contributed by atoms with Crippen molar-refractivity contribution < 1.29 is 19.1 Å². The Morgan fingerprint density at radius 3 is 2.59 bits per heavy atom. The van der Waals surface area contributed by atoms with Gasteiger partial charge in [-0.15, -0.1) is 0 Å². The quantitative estimate of drug-likeness (QED) is 0.796. The first-order valence-electron chi connectivity index (χ1n) is 7.08. The van der Waals surface area contributed by atoms with Crippen molar-refractivity contribution in [2.45, 2.75) is 6.10 Å². The van der Waals surface area contributed by atoms with E-state index in [-0.39, 0.29) is 12.6 Å². The maximum Gasteiger partial charge on any atom is 0.299 e. The number of nitrogens with zero attached hydrogens (tertiary/aromatic N) is 1. The molecule has 2 heterocycles. The average Bonchev–Trinajstić information content (AvgIpc) is 2.80. The SMILES string of the molecule is O=C1C(=O)N(C[C@H]2COc3ccccc3O2)c2ccccc21. The van der Waals surface area contributed by atoms with Crippen molar-refractivity contribution in [3.63, 3.8) is 0 Å². The second kappa shape index (κ2) is 4.87. The van der Waals surface area contributed by atoms with Gasteiger partial charge in [0.05, 0.1) is 17.8 Å². The lowest BCUT2D eigenvalue weighted by molar-refractivity contribution is -0.114. The Morgan fingerprint density at radius 1 is 1.00 bits per heavy atom. The van der Waals surface area contributed by atoms with Crippen LogP contribution < -0.4 is 14.4 Å². The lowest BCUT2D eigenvalue weighted by Crippen LogP contribution is -2.43. The van der Waals surface area contributed by atoms with Gasteiger partial charge in [-0.3, -0.25) is 9.59 Å². The van der Waals surface area contributed by atoms with Crippen molar-refractivity contribution in [1.82, 2.24) is 0 Å². The van der Waals surface area contributed by atoms with E-state index in [0.717, 1.165) is 0 Å². The molecule has 0 unspecified atom stereocenters. The molecule has 0 aliphatic carbocycles. The monoisotopic (exact) mass is 295 g/mol. The predicted molar refractivity (Wildman–Crippen MR) is 79.5 cm³/mol. The Labute approximate surface area is 127 Å². The van der Waals surface area contributed by atoms with Gasteiger partial charge in [-0.1, -0.05) is 24.3 Å². The molecule has 22 heavy (non-hydrogen) atoms. The molecule has 0 bridgehead atoms. The standard InChI is InChI=1S/C17H13NO4/c19-16-12-5-1-2-6-13(12)18(17(16)20)9-11-10-21-14-7-3-4-8-15(14)22-11/h1-8,11H,9-10H2/t11-/m0/s1. The Kier molecular flexibility index (Phi) is 2.85. The molecule has 0 spiro atoms. The van der Waals surface area contributed by atoms with E-state index in [1.165, 1.54) is 4.90 Å². The minimum Gasteiger partial charge on any atom is -0.486 e. The van der Waals surface area contributed by atoms with Crippen molar-refractivity contribution in [2.24, 2.45) is 0 Å². The molecule has 2 aromatic carbocycles. The predicted octanol–water partition coefficient (Wildman–Crippen LogP) is 2.06. The number of carbonyl (C=O) groups excluding carboxylic acids is 2. The highest BCUT2D eigenvalue weighted by molar-refractivity contribution is 6.52. The second-order valence-corrected chi connectivity index (χ2v) is 5.26. The van der Waals surface area contributed by atoms with Crippen LogP contribution in [-0.2, 0) is 4.79 Å². The first kappa shape index (κ1) is 12.9. The zero-order valence-electron chi connectivity index (χ0n) is 11.7. The van der Waals surface area contributed by atoms with Gasteiger partial charge in [0.15, 0.2) is 17.6 Å². The first-order valence-corrected chi connectivity index (χ1v) is 7.08. The van der Waals surface area contributed by atoms with E-state index < -0.39 is 11.7 Å². The number of carbonyl (C=O) groups is 2. The van der Waals surface area contributed by atoms with Crippen molar-refractivity contribution in [2.75, 3.05) is 18.1 Å². The number of fused-ring (bicyclic) bond motifs is 2. The third kappa shape index (κ3) is 1.94. The zero-order chi connectivity index (χ0) is 15.1. The van der Waals surface area contributed by atoms with Crippen molar-refractivity contribution in [3.05, 3.63) is 54.1 Å². The fourth-order valence-corrected chi connectivity index (χ4v) is 2.79. The topological polar surface area (TPSA) is 55.8 Å². The number of anilines is 1. The summed E-state index contributed by atoms with van der Waals surface area (Å²) in [5, 5.41) is 0. The highest BCUT2D eigenvalue weighted by Crippen LogP contribution is 2.33. The van der Waals surface area contributed by atoms with Crippen LogP contribution in [0.4, 0.5) is 5.69 Å². The maximum atomic E-state index is 12.2. The van der Waals surface area contributed by atoms with Crippen LogP contribution in [0.25, 0.3) is 0 Å². The molecule has 2 aliphatic heterocycles. The highest BCUT2D eigenvalue weighted by atomic mass is 16.6. The van der Waals surface area contributed by atoms with Crippen molar-refractivity contribution in [3.8, 4) is 11.5 Å². The smallest absolute Gasteiger partial charge is 0.299 e.